The summed E-state index contributed by atoms with van der Waals surface area (Å²) in [6.45, 7) is 0. The number of H-pyrrole nitrogens is 1. The maximum atomic E-state index is 11.0. The van der Waals surface area contributed by atoms with Crippen LogP contribution in [0.15, 0.2) is 18.5 Å². The smallest absolute Gasteiger partial charge is 0.333 e. The number of carboxylic acids is 1. The van der Waals surface area contributed by atoms with E-state index in [4.69, 9.17) is 9.84 Å². The van der Waals surface area contributed by atoms with E-state index in [1.807, 2.05) is 18.5 Å². The number of nitrogens with one attached hydrogen (secondary N) is 1. The highest BCUT2D eigenvalue weighted by molar-refractivity contribution is 5.76. The van der Waals surface area contributed by atoms with Crippen molar-refractivity contribution in [3.63, 3.8) is 0 Å². The van der Waals surface area contributed by atoms with E-state index in [9.17, 15) is 4.79 Å². The largest absolute Gasteiger partial charge is 0.479 e. The van der Waals surface area contributed by atoms with Crippen LogP contribution in [-0.4, -0.2) is 29.3 Å². The number of carboxylic acid groups (broad SMARTS) is 1. The Balaban J connectivity index is 2.28. The van der Waals surface area contributed by atoms with Gasteiger partial charge in [0.2, 0.25) is 0 Å². The predicted octanol–water partition coefficient (Wildman–Crippen LogP) is 1.15. The lowest BCUT2D eigenvalue weighted by molar-refractivity contribution is -0.150. The van der Waals surface area contributed by atoms with Crippen molar-refractivity contribution in [3.05, 3.63) is 24.0 Å². The van der Waals surface area contributed by atoms with Crippen LogP contribution < -0.4 is 0 Å². The van der Waals surface area contributed by atoms with E-state index >= 15 is 0 Å². The first-order valence-corrected chi connectivity index (χ1v) is 4.59. The monoisotopic (exact) mass is 195 g/mol. The molecule has 1 unspecified atom stereocenters. The standard InChI is InChI=1S/C10H13NO3/c1-14-8(9(12)13)10(3-4-10)7-2-5-11-6-7/h2,5-6,8,11H,3-4H2,1H3,(H,12,13). The number of hydrogen-bond donors (Lipinski definition) is 2. The molecule has 1 aliphatic rings. The molecule has 0 saturated heterocycles. The van der Waals surface area contributed by atoms with Crippen molar-refractivity contribution >= 4 is 5.97 Å². The molecule has 1 aliphatic carbocycles. The molecule has 0 aliphatic heterocycles. The third-order valence-corrected chi connectivity index (χ3v) is 2.92. The molecular weight excluding hydrogens is 182 g/mol. The zero-order valence-corrected chi connectivity index (χ0v) is 7.99. The number of carbonyl (C=O) groups is 1. The summed E-state index contributed by atoms with van der Waals surface area (Å²) < 4.78 is 5.05. The molecule has 4 nitrogen and oxygen atoms in total. The number of hydrogen-bond acceptors (Lipinski definition) is 2. The minimum atomic E-state index is -0.883. The number of methoxy groups -OCH3 is 1. The molecule has 0 radical (unpaired) electrons. The first-order chi connectivity index (χ1) is 6.70. The van der Waals surface area contributed by atoms with Gasteiger partial charge in [-0.1, -0.05) is 0 Å². The molecule has 1 fully saturated rings. The van der Waals surface area contributed by atoms with Crippen molar-refractivity contribution < 1.29 is 14.6 Å². The van der Waals surface area contributed by atoms with Gasteiger partial charge in [0.25, 0.3) is 0 Å². The second kappa shape index (κ2) is 3.13. The number of rotatable bonds is 4. The molecule has 4 heteroatoms. The summed E-state index contributed by atoms with van der Waals surface area (Å²) in [6, 6.07) is 1.92. The number of ether oxygens (including phenoxy) is 1. The van der Waals surface area contributed by atoms with E-state index in [0.29, 0.717) is 0 Å². The minimum absolute atomic E-state index is 0.291. The summed E-state index contributed by atoms with van der Waals surface area (Å²) in [5.74, 6) is -0.883. The maximum absolute atomic E-state index is 11.0. The van der Waals surface area contributed by atoms with Gasteiger partial charge in [-0.05, 0) is 24.5 Å². The van der Waals surface area contributed by atoms with Crippen LogP contribution >= 0.6 is 0 Å². The highest BCUT2D eigenvalue weighted by Gasteiger charge is 2.54. The van der Waals surface area contributed by atoms with E-state index in [1.54, 1.807) is 0 Å². The molecule has 1 atom stereocenters. The predicted molar refractivity (Wildman–Crippen MR) is 50.1 cm³/mol. The number of aromatic nitrogens is 1. The Morgan fingerprint density at radius 2 is 2.43 bits per heavy atom. The van der Waals surface area contributed by atoms with Crippen LogP contribution in [0.1, 0.15) is 18.4 Å². The van der Waals surface area contributed by atoms with Crippen LogP contribution in [-0.2, 0) is 14.9 Å². The van der Waals surface area contributed by atoms with Crippen molar-refractivity contribution in [2.75, 3.05) is 7.11 Å². The molecule has 2 rings (SSSR count). The summed E-state index contributed by atoms with van der Waals surface area (Å²) in [6.07, 6.45) is 4.70. The SMILES string of the molecule is COC(C(=O)O)C1(c2cc[nH]c2)CC1. The lowest BCUT2D eigenvalue weighted by Crippen LogP contribution is -2.35. The molecule has 1 heterocycles. The van der Waals surface area contributed by atoms with Gasteiger partial charge in [-0.2, -0.15) is 0 Å². The van der Waals surface area contributed by atoms with Gasteiger partial charge in [-0.25, -0.2) is 4.79 Å². The normalized spacial score (nSPS) is 20.4. The van der Waals surface area contributed by atoms with Crippen molar-refractivity contribution in [2.45, 2.75) is 24.4 Å². The zero-order valence-electron chi connectivity index (χ0n) is 7.99. The summed E-state index contributed by atoms with van der Waals surface area (Å²) in [4.78, 5) is 13.9. The van der Waals surface area contributed by atoms with Crippen LogP contribution in [0.25, 0.3) is 0 Å². The molecule has 1 saturated carbocycles. The fraction of sp³-hybridized carbons (Fsp3) is 0.500. The molecule has 0 spiro atoms. The molecule has 0 amide bonds. The molecular formula is C10H13NO3. The summed E-state index contributed by atoms with van der Waals surface area (Å²) >= 11 is 0. The van der Waals surface area contributed by atoms with Gasteiger partial charge in [0.15, 0.2) is 6.10 Å². The zero-order chi connectivity index (χ0) is 10.2. The Morgan fingerprint density at radius 3 is 2.79 bits per heavy atom. The van der Waals surface area contributed by atoms with Gasteiger partial charge in [0, 0.05) is 24.9 Å². The second-order valence-electron chi connectivity index (χ2n) is 3.71. The first-order valence-electron chi connectivity index (χ1n) is 4.59. The Bertz CT molecular complexity index is 327. The van der Waals surface area contributed by atoms with Crippen LogP contribution in [0, 0.1) is 0 Å². The van der Waals surface area contributed by atoms with E-state index in [0.717, 1.165) is 18.4 Å². The van der Waals surface area contributed by atoms with Crippen molar-refractivity contribution in [1.29, 1.82) is 0 Å². The Kier molecular flexibility index (Phi) is 2.07. The highest BCUT2D eigenvalue weighted by atomic mass is 16.5. The van der Waals surface area contributed by atoms with E-state index < -0.39 is 12.1 Å². The summed E-state index contributed by atoms with van der Waals surface area (Å²) in [5.41, 5.74) is 0.743. The summed E-state index contributed by atoms with van der Waals surface area (Å²) in [5, 5.41) is 9.01. The molecule has 14 heavy (non-hydrogen) atoms. The average molecular weight is 195 g/mol. The molecule has 2 N–H and O–H groups in total. The number of aliphatic carboxylic acids is 1. The first kappa shape index (κ1) is 9.27. The third-order valence-electron chi connectivity index (χ3n) is 2.92. The Morgan fingerprint density at radius 1 is 1.71 bits per heavy atom. The molecule has 1 aromatic heterocycles. The van der Waals surface area contributed by atoms with Crippen molar-refractivity contribution in [3.8, 4) is 0 Å². The van der Waals surface area contributed by atoms with Crippen LogP contribution in [0.2, 0.25) is 0 Å². The minimum Gasteiger partial charge on any atom is -0.479 e. The number of aromatic amines is 1. The third kappa shape index (κ3) is 1.23. The van der Waals surface area contributed by atoms with Gasteiger partial charge < -0.3 is 14.8 Å². The van der Waals surface area contributed by atoms with Gasteiger partial charge in [-0.15, -0.1) is 0 Å². The van der Waals surface area contributed by atoms with Crippen LogP contribution in [0.5, 0.6) is 0 Å². The highest BCUT2D eigenvalue weighted by Crippen LogP contribution is 2.51. The summed E-state index contributed by atoms with van der Waals surface area (Å²) in [7, 11) is 1.45. The van der Waals surface area contributed by atoms with Crippen LogP contribution in [0.3, 0.4) is 0 Å². The molecule has 76 valence electrons. The Labute approximate surface area is 81.9 Å². The molecule has 0 bridgehead atoms. The van der Waals surface area contributed by atoms with Crippen molar-refractivity contribution in [1.82, 2.24) is 4.98 Å². The van der Waals surface area contributed by atoms with E-state index in [2.05, 4.69) is 4.98 Å². The average Bonchev–Trinajstić information content (AvgIpc) is 2.76. The lowest BCUT2D eigenvalue weighted by Gasteiger charge is -2.20. The van der Waals surface area contributed by atoms with Gasteiger partial charge in [0.05, 0.1) is 0 Å². The molecule has 1 aromatic rings. The van der Waals surface area contributed by atoms with Crippen LogP contribution in [0.4, 0.5) is 0 Å². The molecule has 0 aromatic carbocycles. The topological polar surface area (TPSA) is 62.3 Å². The van der Waals surface area contributed by atoms with E-state index in [1.165, 1.54) is 7.11 Å². The van der Waals surface area contributed by atoms with Gasteiger partial charge in [-0.3, -0.25) is 0 Å². The fourth-order valence-corrected chi connectivity index (χ4v) is 2.03. The van der Waals surface area contributed by atoms with Gasteiger partial charge >= 0.3 is 5.97 Å². The maximum Gasteiger partial charge on any atom is 0.333 e. The lowest BCUT2D eigenvalue weighted by atomic mass is 9.92. The van der Waals surface area contributed by atoms with Gasteiger partial charge in [0.1, 0.15) is 0 Å². The quantitative estimate of drug-likeness (QED) is 0.757. The second-order valence-corrected chi connectivity index (χ2v) is 3.71. The fourth-order valence-electron chi connectivity index (χ4n) is 2.03. The van der Waals surface area contributed by atoms with Crippen molar-refractivity contribution in [2.24, 2.45) is 0 Å². The Hall–Kier alpha value is -1.29. The van der Waals surface area contributed by atoms with E-state index in [-0.39, 0.29) is 5.41 Å².